The minimum Gasteiger partial charge on any atom is -0.319 e. The molecule has 0 aliphatic heterocycles. The summed E-state index contributed by atoms with van der Waals surface area (Å²) in [4.78, 5) is 12.2. The number of benzene rings is 2. The van der Waals surface area contributed by atoms with Gasteiger partial charge in [-0.05, 0) is 46.8 Å². The first kappa shape index (κ1) is 14.2. The van der Waals surface area contributed by atoms with Crippen molar-refractivity contribution in [1.82, 2.24) is 20.2 Å². The van der Waals surface area contributed by atoms with Crippen LogP contribution in [0.15, 0.2) is 48.8 Å². The Morgan fingerprint density at radius 1 is 1.23 bits per heavy atom. The highest BCUT2D eigenvalue weighted by Gasteiger charge is 2.11. The average molecular weight is 318 g/mol. The first-order valence-corrected chi connectivity index (χ1v) is 6.61. The zero-order chi connectivity index (χ0) is 15.5. The molecule has 22 heavy (non-hydrogen) atoms. The largest absolute Gasteiger partial charge is 0.319 e. The van der Waals surface area contributed by atoms with Crippen LogP contribution < -0.4 is 5.32 Å². The highest BCUT2D eigenvalue weighted by molar-refractivity contribution is 6.30. The molecule has 0 radical (unpaired) electrons. The van der Waals surface area contributed by atoms with Gasteiger partial charge in [0.05, 0.1) is 11.4 Å². The highest BCUT2D eigenvalue weighted by Crippen LogP contribution is 2.20. The number of carbonyl (C=O) groups excluding carboxylic acids is 1. The van der Waals surface area contributed by atoms with Crippen molar-refractivity contribution in [2.45, 2.75) is 0 Å². The van der Waals surface area contributed by atoms with Gasteiger partial charge in [-0.1, -0.05) is 17.7 Å². The summed E-state index contributed by atoms with van der Waals surface area (Å²) < 4.78 is 15.1. The van der Waals surface area contributed by atoms with Crippen molar-refractivity contribution < 1.29 is 9.18 Å². The van der Waals surface area contributed by atoms with E-state index >= 15 is 0 Å². The molecule has 1 N–H and O–H groups in total. The van der Waals surface area contributed by atoms with Crippen molar-refractivity contribution in [3.8, 4) is 5.69 Å². The average Bonchev–Trinajstić information content (AvgIpc) is 3.04. The molecule has 0 unspecified atom stereocenters. The number of halogens is 2. The summed E-state index contributed by atoms with van der Waals surface area (Å²) in [5, 5.41) is 13.6. The van der Waals surface area contributed by atoms with E-state index in [0.29, 0.717) is 11.3 Å². The standard InChI is InChI=1S/C14H9ClFN5O/c15-10-4-5-13(12(16)7-10)18-14(22)9-2-1-3-11(6-9)21-8-17-19-20-21/h1-8H,(H,18,22). The topological polar surface area (TPSA) is 72.7 Å². The van der Waals surface area contributed by atoms with Gasteiger partial charge in [-0.3, -0.25) is 4.79 Å². The maximum atomic E-state index is 13.7. The third-order valence-corrected chi connectivity index (χ3v) is 3.14. The van der Waals surface area contributed by atoms with Crippen molar-refractivity contribution in [2.75, 3.05) is 5.32 Å². The molecule has 2 aromatic carbocycles. The molecule has 6 nitrogen and oxygen atoms in total. The van der Waals surface area contributed by atoms with Gasteiger partial charge in [-0.15, -0.1) is 5.10 Å². The first-order valence-electron chi connectivity index (χ1n) is 6.23. The fourth-order valence-corrected chi connectivity index (χ4v) is 2.01. The van der Waals surface area contributed by atoms with Gasteiger partial charge in [0.2, 0.25) is 0 Å². The Hall–Kier alpha value is -2.80. The van der Waals surface area contributed by atoms with Crippen LogP contribution in [0.1, 0.15) is 10.4 Å². The van der Waals surface area contributed by atoms with E-state index in [0.717, 1.165) is 6.07 Å². The van der Waals surface area contributed by atoms with Crippen LogP contribution in [0, 0.1) is 5.82 Å². The molecule has 1 aromatic heterocycles. The van der Waals surface area contributed by atoms with E-state index in [1.807, 2.05) is 0 Å². The van der Waals surface area contributed by atoms with Crippen molar-refractivity contribution in [2.24, 2.45) is 0 Å². The summed E-state index contributed by atoms with van der Waals surface area (Å²) in [6.07, 6.45) is 1.41. The predicted octanol–water partition coefficient (Wildman–Crippen LogP) is 2.71. The number of amides is 1. The molecule has 3 rings (SSSR count). The summed E-state index contributed by atoms with van der Waals surface area (Å²) in [6, 6.07) is 10.7. The molecule has 8 heteroatoms. The maximum absolute atomic E-state index is 13.7. The van der Waals surface area contributed by atoms with Gasteiger partial charge in [-0.25, -0.2) is 9.07 Å². The number of anilines is 1. The lowest BCUT2D eigenvalue weighted by Crippen LogP contribution is -2.13. The Labute approximate surface area is 129 Å². The molecule has 0 saturated carbocycles. The molecule has 1 heterocycles. The zero-order valence-corrected chi connectivity index (χ0v) is 11.8. The second-order valence-corrected chi connectivity index (χ2v) is 4.82. The van der Waals surface area contributed by atoms with E-state index in [2.05, 4.69) is 20.8 Å². The molecule has 1 amide bonds. The second-order valence-electron chi connectivity index (χ2n) is 4.38. The lowest BCUT2D eigenvalue weighted by Gasteiger charge is -2.08. The Kier molecular flexibility index (Phi) is 3.80. The molecule has 0 aliphatic carbocycles. The van der Waals surface area contributed by atoms with Gasteiger partial charge in [0.15, 0.2) is 0 Å². The van der Waals surface area contributed by atoms with Crippen LogP contribution in [0.4, 0.5) is 10.1 Å². The smallest absolute Gasteiger partial charge is 0.255 e. The lowest BCUT2D eigenvalue weighted by molar-refractivity contribution is 0.102. The molecular weight excluding hydrogens is 309 g/mol. The molecular formula is C14H9ClFN5O. The highest BCUT2D eigenvalue weighted by atomic mass is 35.5. The van der Waals surface area contributed by atoms with E-state index in [-0.39, 0.29) is 10.7 Å². The van der Waals surface area contributed by atoms with Crippen LogP contribution in [0.2, 0.25) is 5.02 Å². The van der Waals surface area contributed by atoms with Crippen LogP contribution in [-0.4, -0.2) is 26.1 Å². The van der Waals surface area contributed by atoms with Gasteiger partial charge in [0.25, 0.3) is 5.91 Å². The number of hydrogen-bond acceptors (Lipinski definition) is 4. The normalized spacial score (nSPS) is 10.5. The Balaban J connectivity index is 1.85. The van der Waals surface area contributed by atoms with E-state index in [1.165, 1.54) is 23.1 Å². The van der Waals surface area contributed by atoms with Gasteiger partial charge < -0.3 is 5.32 Å². The second kappa shape index (κ2) is 5.90. The number of nitrogens with zero attached hydrogens (tertiary/aromatic N) is 4. The summed E-state index contributed by atoms with van der Waals surface area (Å²) >= 11 is 5.67. The maximum Gasteiger partial charge on any atom is 0.255 e. The summed E-state index contributed by atoms with van der Waals surface area (Å²) in [5.74, 6) is -1.05. The monoisotopic (exact) mass is 317 g/mol. The van der Waals surface area contributed by atoms with Crippen molar-refractivity contribution in [1.29, 1.82) is 0 Å². The van der Waals surface area contributed by atoms with Gasteiger partial charge in [-0.2, -0.15) is 0 Å². The van der Waals surface area contributed by atoms with Gasteiger partial charge >= 0.3 is 0 Å². The van der Waals surface area contributed by atoms with Crippen LogP contribution in [0.3, 0.4) is 0 Å². The summed E-state index contributed by atoms with van der Waals surface area (Å²) in [5.41, 5.74) is 1.03. The summed E-state index contributed by atoms with van der Waals surface area (Å²) in [7, 11) is 0. The van der Waals surface area contributed by atoms with E-state index in [4.69, 9.17) is 11.6 Å². The molecule has 0 fully saturated rings. The van der Waals surface area contributed by atoms with E-state index in [9.17, 15) is 9.18 Å². The van der Waals surface area contributed by atoms with Crippen molar-refractivity contribution in [3.05, 3.63) is 65.2 Å². The number of tetrazole rings is 1. The fraction of sp³-hybridized carbons (Fsp3) is 0. The zero-order valence-electron chi connectivity index (χ0n) is 11.1. The Morgan fingerprint density at radius 3 is 2.82 bits per heavy atom. The predicted molar refractivity (Wildman–Crippen MR) is 78.5 cm³/mol. The third-order valence-electron chi connectivity index (χ3n) is 2.90. The first-order chi connectivity index (χ1) is 10.6. The number of carbonyl (C=O) groups is 1. The molecule has 110 valence electrons. The van der Waals surface area contributed by atoms with Gasteiger partial charge in [0.1, 0.15) is 12.1 Å². The molecule has 3 aromatic rings. The van der Waals surface area contributed by atoms with Crippen molar-refractivity contribution in [3.63, 3.8) is 0 Å². The van der Waals surface area contributed by atoms with Crippen molar-refractivity contribution >= 4 is 23.2 Å². The van der Waals surface area contributed by atoms with E-state index < -0.39 is 11.7 Å². The van der Waals surface area contributed by atoms with Crippen LogP contribution in [-0.2, 0) is 0 Å². The fourth-order valence-electron chi connectivity index (χ4n) is 1.85. The number of hydrogen-bond donors (Lipinski definition) is 1. The number of nitrogens with one attached hydrogen (secondary N) is 1. The molecule has 0 saturated heterocycles. The SMILES string of the molecule is O=C(Nc1ccc(Cl)cc1F)c1cccc(-n2cnnn2)c1. The minimum absolute atomic E-state index is 0.0576. The lowest BCUT2D eigenvalue weighted by atomic mass is 10.2. The summed E-state index contributed by atoms with van der Waals surface area (Å²) in [6.45, 7) is 0. The van der Waals surface area contributed by atoms with Crippen LogP contribution in [0.25, 0.3) is 5.69 Å². The minimum atomic E-state index is -0.600. The molecule has 0 spiro atoms. The number of rotatable bonds is 3. The molecule has 0 atom stereocenters. The molecule has 0 aliphatic rings. The molecule has 0 bridgehead atoms. The van der Waals surface area contributed by atoms with Gasteiger partial charge in [0, 0.05) is 10.6 Å². The van der Waals surface area contributed by atoms with Crippen LogP contribution >= 0.6 is 11.6 Å². The number of aromatic nitrogens is 4. The third kappa shape index (κ3) is 2.94. The van der Waals surface area contributed by atoms with E-state index in [1.54, 1.807) is 24.3 Å². The Bertz CT molecular complexity index is 822. The Morgan fingerprint density at radius 2 is 2.09 bits per heavy atom. The van der Waals surface area contributed by atoms with Crippen LogP contribution in [0.5, 0.6) is 0 Å². The quantitative estimate of drug-likeness (QED) is 0.806.